The molecule has 0 saturated carbocycles. The molecule has 18 heavy (non-hydrogen) atoms. The molecule has 0 bridgehead atoms. The molecule has 0 spiro atoms. The molecule has 0 heterocycles. The minimum absolute atomic E-state index is 0.467. The number of carbonyl (C=O) groups is 1. The highest BCUT2D eigenvalue weighted by Crippen LogP contribution is 2.31. The van der Waals surface area contributed by atoms with Crippen LogP contribution in [0.3, 0.4) is 0 Å². The Morgan fingerprint density at radius 3 is 2.61 bits per heavy atom. The van der Waals surface area contributed by atoms with E-state index in [1.807, 2.05) is 0 Å². The number of likely N-dealkylation sites (N-methyl/N-ethyl adjacent to an activating group) is 1. The molecule has 1 rings (SSSR count). The molecule has 5 heteroatoms. The van der Waals surface area contributed by atoms with Crippen LogP contribution in [0.2, 0.25) is 5.02 Å². The summed E-state index contributed by atoms with van der Waals surface area (Å²) >= 11 is 9.24. The fourth-order valence-electron chi connectivity index (χ4n) is 1.64. The van der Waals surface area contributed by atoms with Crippen molar-refractivity contribution >= 4 is 33.8 Å². The summed E-state index contributed by atoms with van der Waals surface area (Å²) in [6.45, 7) is 7.57. The molecule has 100 valence electrons. The maximum atomic E-state index is 11.0. The zero-order valence-electron chi connectivity index (χ0n) is 10.6. The van der Waals surface area contributed by atoms with Crippen LogP contribution in [0.15, 0.2) is 16.6 Å². The number of halogens is 2. The van der Waals surface area contributed by atoms with Crippen molar-refractivity contribution in [2.24, 2.45) is 0 Å². The molecule has 0 atom stereocenters. The number of rotatable bonds is 7. The van der Waals surface area contributed by atoms with Gasteiger partial charge in [-0.15, -0.1) is 0 Å². The Kier molecular flexibility index (Phi) is 6.68. The van der Waals surface area contributed by atoms with Gasteiger partial charge in [-0.2, -0.15) is 0 Å². The Hall–Kier alpha value is -0.580. The number of hydrogen-bond donors (Lipinski definition) is 0. The third-order valence-electron chi connectivity index (χ3n) is 2.71. The molecule has 0 aliphatic carbocycles. The van der Waals surface area contributed by atoms with Gasteiger partial charge in [0.1, 0.15) is 12.4 Å². The third-order valence-corrected chi connectivity index (χ3v) is 3.52. The summed E-state index contributed by atoms with van der Waals surface area (Å²) in [4.78, 5) is 13.2. The van der Waals surface area contributed by atoms with E-state index in [0.717, 1.165) is 25.9 Å². The Morgan fingerprint density at radius 2 is 2.06 bits per heavy atom. The van der Waals surface area contributed by atoms with Crippen molar-refractivity contribution in [1.82, 2.24) is 4.90 Å². The van der Waals surface area contributed by atoms with Gasteiger partial charge in [0.25, 0.3) is 0 Å². The number of nitrogens with zero attached hydrogens (tertiary/aromatic N) is 1. The summed E-state index contributed by atoms with van der Waals surface area (Å²) < 4.78 is 6.37. The molecule has 1 aromatic carbocycles. The minimum atomic E-state index is 0.467. The second-order valence-electron chi connectivity index (χ2n) is 3.80. The van der Waals surface area contributed by atoms with E-state index in [1.165, 1.54) is 0 Å². The quantitative estimate of drug-likeness (QED) is 0.713. The zero-order valence-corrected chi connectivity index (χ0v) is 12.9. The first-order chi connectivity index (χ1) is 8.62. The highest BCUT2D eigenvalue weighted by molar-refractivity contribution is 9.10. The molecule has 1 aromatic rings. The summed E-state index contributed by atoms with van der Waals surface area (Å²) in [7, 11) is 0. The van der Waals surface area contributed by atoms with Crippen molar-refractivity contribution in [2.45, 2.75) is 13.8 Å². The molecule has 0 aliphatic heterocycles. The predicted molar refractivity (Wildman–Crippen MR) is 77.8 cm³/mol. The lowest BCUT2D eigenvalue weighted by atomic mass is 10.2. The number of carbonyl (C=O) groups excluding carboxylic acids is 1. The smallest absolute Gasteiger partial charge is 0.153 e. The molecule has 0 amide bonds. The molecule has 0 radical (unpaired) electrons. The van der Waals surface area contributed by atoms with Gasteiger partial charge in [-0.1, -0.05) is 25.4 Å². The SMILES string of the molecule is CCN(CC)CCOc1c(Br)cc(Cl)cc1C=O. The molecule has 0 N–H and O–H groups in total. The van der Waals surface area contributed by atoms with E-state index in [1.54, 1.807) is 12.1 Å². The van der Waals surface area contributed by atoms with Gasteiger partial charge >= 0.3 is 0 Å². The number of hydrogen-bond acceptors (Lipinski definition) is 3. The van der Waals surface area contributed by atoms with E-state index in [9.17, 15) is 4.79 Å². The summed E-state index contributed by atoms with van der Waals surface area (Å²) in [6.07, 6.45) is 0.753. The second-order valence-corrected chi connectivity index (χ2v) is 5.09. The molecule has 0 aliphatic rings. The summed E-state index contributed by atoms with van der Waals surface area (Å²) in [6, 6.07) is 3.33. The fraction of sp³-hybridized carbons (Fsp3) is 0.462. The Morgan fingerprint density at radius 1 is 1.39 bits per heavy atom. The van der Waals surface area contributed by atoms with E-state index in [-0.39, 0.29) is 0 Å². The standard InChI is InChI=1S/C13H17BrClNO2/c1-3-16(4-2)5-6-18-13-10(9-17)7-11(15)8-12(13)14/h7-9H,3-6H2,1-2H3. The first-order valence-corrected chi connectivity index (χ1v) is 7.08. The lowest BCUT2D eigenvalue weighted by Gasteiger charge is -2.19. The van der Waals surface area contributed by atoms with Crippen LogP contribution in [0.5, 0.6) is 5.75 Å². The average Bonchev–Trinajstić information content (AvgIpc) is 2.36. The largest absolute Gasteiger partial charge is 0.490 e. The van der Waals surface area contributed by atoms with E-state index < -0.39 is 0 Å². The van der Waals surface area contributed by atoms with Crippen LogP contribution >= 0.6 is 27.5 Å². The van der Waals surface area contributed by atoms with Crippen LogP contribution < -0.4 is 4.74 Å². The Labute approximate surface area is 121 Å². The molecule has 0 unspecified atom stereocenters. The third kappa shape index (κ3) is 4.26. The fourth-order valence-corrected chi connectivity index (χ4v) is 2.59. The number of ether oxygens (including phenoxy) is 1. The van der Waals surface area contributed by atoms with Gasteiger partial charge in [0, 0.05) is 11.6 Å². The van der Waals surface area contributed by atoms with Crippen LogP contribution in [-0.4, -0.2) is 37.4 Å². The zero-order chi connectivity index (χ0) is 13.5. The Bertz CT molecular complexity index is 408. The van der Waals surface area contributed by atoms with Gasteiger partial charge in [0.05, 0.1) is 10.0 Å². The van der Waals surface area contributed by atoms with Gasteiger partial charge in [-0.05, 0) is 41.2 Å². The normalized spacial score (nSPS) is 10.7. The van der Waals surface area contributed by atoms with Crippen molar-refractivity contribution in [3.8, 4) is 5.75 Å². The van der Waals surface area contributed by atoms with E-state index in [4.69, 9.17) is 16.3 Å². The summed E-state index contributed by atoms with van der Waals surface area (Å²) in [5.41, 5.74) is 0.467. The Balaban J connectivity index is 2.69. The van der Waals surface area contributed by atoms with E-state index >= 15 is 0 Å². The molecule has 0 aromatic heterocycles. The molecule has 3 nitrogen and oxygen atoms in total. The maximum absolute atomic E-state index is 11.0. The summed E-state index contributed by atoms with van der Waals surface area (Å²) in [5, 5.41) is 0.514. The number of aldehydes is 1. The average molecular weight is 335 g/mol. The first-order valence-electron chi connectivity index (χ1n) is 5.91. The highest BCUT2D eigenvalue weighted by Gasteiger charge is 2.10. The van der Waals surface area contributed by atoms with Gasteiger partial charge < -0.3 is 9.64 Å². The second kappa shape index (κ2) is 7.77. The topological polar surface area (TPSA) is 29.5 Å². The van der Waals surface area contributed by atoms with Gasteiger partial charge in [0.15, 0.2) is 6.29 Å². The van der Waals surface area contributed by atoms with Crippen molar-refractivity contribution < 1.29 is 9.53 Å². The molecular formula is C13H17BrClNO2. The highest BCUT2D eigenvalue weighted by atomic mass is 79.9. The lowest BCUT2D eigenvalue weighted by molar-refractivity contribution is 0.111. The van der Waals surface area contributed by atoms with Crippen molar-refractivity contribution in [3.05, 3.63) is 27.2 Å². The molecular weight excluding hydrogens is 318 g/mol. The lowest BCUT2D eigenvalue weighted by Crippen LogP contribution is -2.28. The van der Waals surface area contributed by atoms with Crippen molar-refractivity contribution in [1.29, 1.82) is 0 Å². The first kappa shape index (κ1) is 15.5. The van der Waals surface area contributed by atoms with Gasteiger partial charge in [0.2, 0.25) is 0 Å². The predicted octanol–water partition coefficient (Wildman–Crippen LogP) is 3.64. The summed E-state index contributed by atoms with van der Waals surface area (Å²) in [5.74, 6) is 0.557. The van der Waals surface area contributed by atoms with Crippen molar-refractivity contribution in [2.75, 3.05) is 26.2 Å². The molecule has 0 saturated heterocycles. The number of benzene rings is 1. The van der Waals surface area contributed by atoms with Gasteiger partial charge in [-0.3, -0.25) is 4.79 Å². The van der Waals surface area contributed by atoms with Gasteiger partial charge in [-0.25, -0.2) is 0 Å². The van der Waals surface area contributed by atoms with Crippen LogP contribution in [0, 0.1) is 0 Å². The maximum Gasteiger partial charge on any atom is 0.153 e. The van der Waals surface area contributed by atoms with Crippen LogP contribution in [0.4, 0.5) is 0 Å². The van der Waals surface area contributed by atoms with E-state index in [2.05, 4.69) is 34.7 Å². The van der Waals surface area contributed by atoms with E-state index in [0.29, 0.717) is 27.4 Å². The van der Waals surface area contributed by atoms with Crippen LogP contribution in [0.25, 0.3) is 0 Å². The monoisotopic (exact) mass is 333 g/mol. The molecule has 0 fully saturated rings. The van der Waals surface area contributed by atoms with Crippen LogP contribution in [0.1, 0.15) is 24.2 Å². The van der Waals surface area contributed by atoms with Crippen LogP contribution in [-0.2, 0) is 0 Å². The minimum Gasteiger partial charge on any atom is -0.490 e. The van der Waals surface area contributed by atoms with Crippen molar-refractivity contribution in [3.63, 3.8) is 0 Å².